The molecule has 0 aliphatic heterocycles. The van der Waals surface area contributed by atoms with Crippen molar-refractivity contribution in [2.24, 2.45) is 0 Å². The first-order chi connectivity index (χ1) is 7.74. The van der Waals surface area contributed by atoms with Crippen LogP contribution in [0.4, 0.5) is 0 Å². The fraction of sp³-hybridized carbons (Fsp3) is 0.667. The van der Waals surface area contributed by atoms with Gasteiger partial charge in [0.15, 0.2) is 0 Å². The van der Waals surface area contributed by atoms with E-state index in [2.05, 4.69) is 32.0 Å². The van der Waals surface area contributed by atoms with Crippen molar-refractivity contribution >= 4 is 0 Å². The summed E-state index contributed by atoms with van der Waals surface area (Å²) in [5.74, 6) is 0.676. The molecule has 1 nitrogen and oxygen atoms in total. The number of nitrogens with zero attached hydrogens (tertiary/aromatic N) is 1. The van der Waals surface area contributed by atoms with Gasteiger partial charge in [0, 0.05) is 11.9 Å². The van der Waals surface area contributed by atoms with Crippen LogP contribution >= 0.6 is 0 Å². The summed E-state index contributed by atoms with van der Waals surface area (Å²) in [7, 11) is 0. The van der Waals surface area contributed by atoms with Crippen LogP contribution in [-0.2, 0) is 12.8 Å². The number of aryl methyl sites for hydroxylation is 1. The van der Waals surface area contributed by atoms with E-state index in [4.69, 9.17) is 0 Å². The third-order valence-corrected chi connectivity index (χ3v) is 3.54. The van der Waals surface area contributed by atoms with Crippen LogP contribution in [0.1, 0.15) is 68.8 Å². The van der Waals surface area contributed by atoms with Crippen LogP contribution in [0.5, 0.6) is 0 Å². The summed E-state index contributed by atoms with van der Waals surface area (Å²) in [4.78, 5) is 4.52. The molecule has 0 radical (unpaired) electrons. The van der Waals surface area contributed by atoms with Crippen molar-refractivity contribution in [3.63, 3.8) is 0 Å². The van der Waals surface area contributed by atoms with E-state index in [1.807, 2.05) is 13.8 Å². The normalized spacial score (nSPS) is 15.1. The molecule has 1 unspecified atom stereocenters. The summed E-state index contributed by atoms with van der Waals surface area (Å²) in [6.07, 6.45) is 7.17. The van der Waals surface area contributed by atoms with Crippen LogP contribution < -0.4 is 0 Å². The smallest absolute Gasteiger partial charge is 0.0407 e. The quantitative estimate of drug-likeness (QED) is 0.717. The van der Waals surface area contributed by atoms with E-state index in [1.54, 1.807) is 11.1 Å². The third kappa shape index (κ3) is 2.45. The van der Waals surface area contributed by atoms with E-state index in [-0.39, 0.29) is 0 Å². The average Bonchev–Trinajstić information content (AvgIpc) is 2.81. The van der Waals surface area contributed by atoms with Gasteiger partial charge in [-0.3, -0.25) is 4.98 Å². The summed E-state index contributed by atoms with van der Waals surface area (Å²) in [6.45, 7) is 10.7. The molecule has 1 atom stereocenters. The van der Waals surface area contributed by atoms with E-state index in [1.165, 1.54) is 36.9 Å². The molecular formula is C15H25N. The van der Waals surface area contributed by atoms with Crippen molar-refractivity contribution < 1.29 is 0 Å². The highest BCUT2D eigenvalue weighted by atomic mass is 14.7. The molecule has 1 heteroatoms. The van der Waals surface area contributed by atoms with Crippen LogP contribution in [0.15, 0.2) is 6.20 Å². The molecule has 90 valence electrons. The maximum absolute atomic E-state index is 4.52. The minimum absolute atomic E-state index is 0.676. The lowest BCUT2D eigenvalue weighted by molar-refractivity contribution is 0.718. The van der Waals surface area contributed by atoms with Crippen molar-refractivity contribution in [1.82, 2.24) is 4.98 Å². The maximum atomic E-state index is 4.52. The Morgan fingerprint density at radius 2 is 1.88 bits per heavy atom. The molecule has 1 aromatic heterocycles. The highest BCUT2D eigenvalue weighted by Gasteiger charge is 2.19. The first kappa shape index (κ1) is 13.2. The van der Waals surface area contributed by atoms with Crippen LogP contribution in [0, 0.1) is 6.92 Å². The Labute approximate surface area is 100 Å². The molecule has 0 amide bonds. The second-order valence-corrected chi connectivity index (χ2v) is 4.42. The Kier molecular flexibility index (Phi) is 4.98. The minimum atomic E-state index is 0.676. The zero-order chi connectivity index (χ0) is 12.1. The largest absolute Gasteiger partial charge is 0.261 e. The zero-order valence-corrected chi connectivity index (χ0v) is 11.4. The highest BCUT2D eigenvalue weighted by molar-refractivity contribution is 5.41. The molecule has 0 aromatic carbocycles. The lowest BCUT2D eigenvalue weighted by atomic mass is 9.93. The number of hydrogen-bond acceptors (Lipinski definition) is 1. The zero-order valence-electron chi connectivity index (χ0n) is 11.4. The van der Waals surface area contributed by atoms with Crippen molar-refractivity contribution in [2.75, 3.05) is 0 Å². The summed E-state index contributed by atoms with van der Waals surface area (Å²) >= 11 is 0. The van der Waals surface area contributed by atoms with Gasteiger partial charge in [-0.25, -0.2) is 0 Å². The third-order valence-electron chi connectivity index (χ3n) is 3.54. The fourth-order valence-corrected chi connectivity index (χ4v) is 2.43. The summed E-state index contributed by atoms with van der Waals surface area (Å²) in [6, 6.07) is 0. The SMILES string of the molecule is CC.CCC(C)c1cnc(C)c2c1CCC2. The van der Waals surface area contributed by atoms with E-state index >= 15 is 0 Å². The number of fused-ring (bicyclic) bond motifs is 1. The molecule has 1 aliphatic carbocycles. The second-order valence-electron chi connectivity index (χ2n) is 4.42. The van der Waals surface area contributed by atoms with Gasteiger partial charge >= 0.3 is 0 Å². The minimum Gasteiger partial charge on any atom is -0.261 e. The van der Waals surface area contributed by atoms with E-state index in [0.29, 0.717) is 5.92 Å². The van der Waals surface area contributed by atoms with Crippen LogP contribution in [0.2, 0.25) is 0 Å². The Morgan fingerprint density at radius 3 is 2.50 bits per heavy atom. The van der Waals surface area contributed by atoms with Crippen molar-refractivity contribution in [3.8, 4) is 0 Å². The van der Waals surface area contributed by atoms with Gasteiger partial charge in [-0.05, 0) is 55.2 Å². The molecule has 0 fully saturated rings. The van der Waals surface area contributed by atoms with E-state index in [9.17, 15) is 0 Å². The summed E-state index contributed by atoms with van der Waals surface area (Å²) in [5, 5.41) is 0. The van der Waals surface area contributed by atoms with Crippen molar-refractivity contribution in [1.29, 1.82) is 0 Å². The lowest BCUT2D eigenvalue weighted by Gasteiger charge is -2.14. The Morgan fingerprint density at radius 1 is 1.25 bits per heavy atom. The molecule has 0 bridgehead atoms. The molecule has 0 saturated heterocycles. The molecule has 0 N–H and O–H groups in total. The molecule has 1 aliphatic rings. The van der Waals surface area contributed by atoms with Gasteiger partial charge in [0.2, 0.25) is 0 Å². The predicted molar refractivity (Wildman–Crippen MR) is 71.1 cm³/mol. The number of hydrogen-bond donors (Lipinski definition) is 0. The molecule has 0 spiro atoms. The van der Waals surface area contributed by atoms with Crippen molar-refractivity contribution in [2.45, 2.75) is 66.2 Å². The van der Waals surface area contributed by atoms with Gasteiger partial charge in [-0.2, -0.15) is 0 Å². The molecule has 1 heterocycles. The van der Waals surface area contributed by atoms with Gasteiger partial charge in [0.25, 0.3) is 0 Å². The predicted octanol–water partition coefficient (Wildman–Crippen LogP) is 4.42. The topological polar surface area (TPSA) is 12.9 Å². The molecular weight excluding hydrogens is 194 g/mol. The van der Waals surface area contributed by atoms with Crippen LogP contribution in [0.3, 0.4) is 0 Å². The Balaban J connectivity index is 0.000000606. The van der Waals surface area contributed by atoms with Gasteiger partial charge in [0.1, 0.15) is 0 Å². The fourth-order valence-electron chi connectivity index (χ4n) is 2.43. The Bertz CT molecular complexity index is 342. The highest BCUT2D eigenvalue weighted by Crippen LogP contribution is 2.31. The first-order valence-electron chi connectivity index (χ1n) is 6.71. The monoisotopic (exact) mass is 219 g/mol. The summed E-state index contributed by atoms with van der Waals surface area (Å²) < 4.78 is 0. The van der Waals surface area contributed by atoms with E-state index < -0.39 is 0 Å². The summed E-state index contributed by atoms with van der Waals surface area (Å²) in [5.41, 5.74) is 5.92. The molecule has 1 aromatic rings. The Hall–Kier alpha value is -0.850. The standard InChI is InChI=1S/C13H19N.C2H6/c1-4-9(2)13-8-14-10(3)11-6-5-7-12(11)13;1-2/h8-9H,4-7H2,1-3H3;1-2H3. The number of aromatic nitrogens is 1. The molecule has 2 rings (SSSR count). The number of pyridine rings is 1. The van der Waals surface area contributed by atoms with Gasteiger partial charge in [0.05, 0.1) is 0 Å². The van der Waals surface area contributed by atoms with Crippen LogP contribution in [0.25, 0.3) is 0 Å². The number of rotatable bonds is 2. The van der Waals surface area contributed by atoms with Crippen LogP contribution in [-0.4, -0.2) is 4.98 Å². The second kappa shape index (κ2) is 6.03. The molecule has 0 saturated carbocycles. The van der Waals surface area contributed by atoms with Crippen molar-refractivity contribution in [3.05, 3.63) is 28.6 Å². The van der Waals surface area contributed by atoms with E-state index in [0.717, 1.165) is 0 Å². The lowest BCUT2D eigenvalue weighted by Crippen LogP contribution is -2.01. The first-order valence-corrected chi connectivity index (χ1v) is 6.71. The van der Waals surface area contributed by atoms with Gasteiger partial charge in [-0.15, -0.1) is 0 Å². The molecule has 16 heavy (non-hydrogen) atoms. The van der Waals surface area contributed by atoms with Gasteiger partial charge < -0.3 is 0 Å². The maximum Gasteiger partial charge on any atom is 0.0407 e. The van der Waals surface area contributed by atoms with Gasteiger partial charge in [-0.1, -0.05) is 27.7 Å². The average molecular weight is 219 g/mol.